The number of carbonyl (C=O) groups excluding carboxylic acids is 1. The van der Waals surface area contributed by atoms with Gasteiger partial charge in [-0.1, -0.05) is 19.4 Å². The largest absolute Gasteiger partial charge is 0.326 e. The predicted molar refractivity (Wildman–Crippen MR) is 91.9 cm³/mol. The lowest BCUT2D eigenvalue weighted by atomic mass is 10.1. The van der Waals surface area contributed by atoms with E-state index >= 15 is 0 Å². The fourth-order valence-electron chi connectivity index (χ4n) is 2.45. The molecule has 1 fully saturated rings. The topological polar surface area (TPSA) is 109 Å². The van der Waals surface area contributed by atoms with E-state index in [2.05, 4.69) is 10.0 Å². The molecule has 1 aliphatic rings. The molecule has 134 valence electrons. The fourth-order valence-corrected chi connectivity index (χ4v) is 5.31. The van der Waals surface area contributed by atoms with Crippen LogP contribution in [0.3, 0.4) is 0 Å². The van der Waals surface area contributed by atoms with Crippen molar-refractivity contribution in [1.29, 1.82) is 0 Å². The molecular weight excluding hydrogens is 352 g/mol. The van der Waals surface area contributed by atoms with Gasteiger partial charge in [-0.2, -0.15) is 0 Å². The summed E-state index contributed by atoms with van der Waals surface area (Å²) in [5.74, 6) is -1.13. The van der Waals surface area contributed by atoms with E-state index in [-0.39, 0.29) is 16.4 Å². The van der Waals surface area contributed by atoms with Gasteiger partial charge in [-0.05, 0) is 31.0 Å². The zero-order valence-electron chi connectivity index (χ0n) is 13.5. The zero-order chi connectivity index (χ0) is 17.8. The minimum atomic E-state index is -3.63. The van der Waals surface area contributed by atoms with Gasteiger partial charge in [0.15, 0.2) is 9.84 Å². The number of sulfone groups is 1. The van der Waals surface area contributed by atoms with Gasteiger partial charge in [0, 0.05) is 12.2 Å². The Bertz CT molecular complexity index is 803. The summed E-state index contributed by atoms with van der Waals surface area (Å²) < 4.78 is 49.8. The average Bonchev–Trinajstić information content (AvgIpc) is 2.88. The Morgan fingerprint density at radius 1 is 1.33 bits per heavy atom. The number of hydrogen-bond acceptors (Lipinski definition) is 5. The minimum absolute atomic E-state index is 0.0147. The maximum atomic E-state index is 12.2. The molecule has 9 heteroatoms. The molecule has 0 bridgehead atoms. The molecule has 0 aromatic heterocycles. The van der Waals surface area contributed by atoms with E-state index in [9.17, 15) is 21.6 Å². The monoisotopic (exact) mass is 374 g/mol. The number of sulfonamides is 1. The van der Waals surface area contributed by atoms with Crippen LogP contribution in [0.25, 0.3) is 0 Å². The Morgan fingerprint density at radius 2 is 2.08 bits per heavy atom. The second-order valence-corrected chi connectivity index (χ2v) is 9.86. The summed E-state index contributed by atoms with van der Waals surface area (Å²) in [6.45, 7) is 2.32. The van der Waals surface area contributed by atoms with Gasteiger partial charge >= 0.3 is 0 Å². The van der Waals surface area contributed by atoms with Gasteiger partial charge in [0.1, 0.15) is 0 Å². The number of nitrogens with one attached hydrogen (secondary N) is 2. The van der Waals surface area contributed by atoms with Crippen LogP contribution in [0, 0.1) is 5.92 Å². The first-order valence-electron chi connectivity index (χ1n) is 7.84. The summed E-state index contributed by atoms with van der Waals surface area (Å²) in [5, 5.41) is 2.61. The van der Waals surface area contributed by atoms with Crippen molar-refractivity contribution in [3.05, 3.63) is 24.3 Å². The first kappa shape index (κ1) is 18.9. The van der Waals surface area contributed by atoms with Crippen LogP contribution in [0.5, 0.6) is 0 Å². The first-order chi connectivity index (χ1) is 11.2. The van der Waals surface area contributed by atoms with Crippen molar-refractivity contribution in [2.75, 3.05) is 23.4 Å². The predicted octanol–water partition coefficient (Wildman–Crippen LogP) is 1.14. The lowest BCUT2D eigenvalue weighted by molar-refractivity contribution is -0.119. The smallest absolute Gasteiger partial charge is 0.240 e. The third kappa shape index (κ3) is 5.02. The van der Waals surface area contributed by atoms with Crippen LogP contribution in [-0.2, 0) is 24.7 Å². The zero-order valence-corrected chi connectivity index (χ0v) is 15.1. The summed E-state index contributed by atoms with van der Waals surface area (Å²) >= 11 is 0. The maximum absolute atomic E-state index is 12.2. The standard InChI is InChI=1S/C15H22N2O5S2/c1-2-3-8-16-24(21,22)14-6-4-5-13(10-14)17-15(18)12-7-9-23(19,20)11-12/h4-6,10,12,16H,2-3,7-9,11H2,1H3,(H,17,18). The molecule has 0 aliphatic carbocycles. The third-order valence-electron chi connectivity index (χ3n) is 3.84. The molecule has 1 aliphatic heterocycles. The van der Waals surface area contributed by atoms with E-state index < -0.39 is 31.7 Å². The summed E-state index contributed by atoms with van der Waals surface area (Å²) in [5.41, 5.74) is 0.336. The highest BCUT2D eigenvalue weighted by Crippen LogP contribution is 2.21. The highest BCUT2D eigenvalue weighted by Gasteiger charge is 2.33. The Morgan fingerprint density at radius 3 is 2.71 bits per heavy atom. The molecule has 7 nitrogen and oxygen atoms in total. The molecule has 1 aromatic rings. The molecule has 2 rings (SSSR count). The van der Waals surface area contributed by atoms with Gasteiger partial charge in [-0.3, -0.25) is 4.79 Å². The average molecular weight is 374 g/mol. The van der Waals surface area contributed by atoms with Crippen LogP contribution >= 0.6 is 0 Å². The second-order valence-electron chi connectivity index (χ2n) is 5.87. The van der Waals surface area contributed by atoms with Gasteiger partial charge in [0.05, 0.1) is 22.3 Å². The molecule has 1 aromatic carbocycles. The van der Waals surface area contributed by atoms with Crippen molar-refractivity contribution in [2.45, 2.75) is 31.1 Å². The molecule has 2 N–H and O–H groups in total. The minimum Gasteiger partial charge on any atom is -0.326 e. The molecule has 1 unspecified atom stereocenters. The van der Waals surface area contributed by atoms with E-state index in [1.54, 1.807) is 6.07 Å². The van der Waals surface area contributed by atoms with Crippen molar-refractivity contribution >= 4 is 31.5 Å². The van der Waals surface area contributed by atoms with Gasteiger partial charge in [0.2, 0.25) is 15.9 Å². The number of carbonyl (C=O) groups is 1. The third-order valence-corrected chi connectivity index (χ3v) is 7.06. The molecule has 0 spiro atoms. The Kier molecular flexibility index (Phi) is 6.00. The number of hydrogen-bond donors (Lipinski definition) is 2. The van der Waals surface area contributed by atoms with Crippen LogP contribution in [0.4, 0.5) is 5.69 Å². The maximum Gasteiger partial charge on any atom is 0.240 e. The molecule has 1 atom stereocenters. The molecule has 24 heavy (non-hydrogen) atoms. The number of unbranched alkanes of at least 4 members (excludes halogenated alkanes) is 1. The van der Waals surface area contributed by atoms with Gasteiger partial charge < -0.3 is 5.32 Å². The van der Waals surface area contributed by atoms with Gasteiger partial charge in [-0.15, -0.1) is 0 Å². The van der Waals surface area contributed by atoms with Gasteiger partial charge in [-0.25, -0.2) is 21.6 Å². The molecule has 0 saturated carbocycles. The van der Waals surface area contributed by atoms with Crippen LogP contribution in [0.1, 0.15) is 26.2 Å². The van der Waals surface area contributed by atoms with Crippen molar-refractivity contribution < 1.29 is 21.6 Å². The highest BCUT2D eigenvalue weighted by molar-refractivity contribution is 7.91. The van der Waals surface area contributed by atoms with E-state index in [1.165, 1.54) is 18.2 Å². The molecule has 1 heterocycles. The number of anilines is 1. The van der Waals surface area contributed by atoms with E-state index in [0.717, 1.165) is 12.8 Å². The Labute approximate surface area is 142 Å². The molecule has 1 saturated heterocycles. The number of rotatable bonds is 7. The van der Waals surface area contributed by atoms with E-state index in [0.29, 0.717) is 18.7 Å². The summed E-state index contributed by atoms with van der Waals surface area (Å²) in [6, 6.07) is 5.93. The quantitative estimate of drug-likeness (QED) is 0.696. The summed E-state index contributed by atoms with van der Waals surface area (Å²) in [6.07, 6.45) is 1.92. The molecule has 1 amide bonds. The van der Waals surface area contributed by atoms with Gasteiger partial charge in [0.25, 0.3) is 0 Å². The van der Waals surface area contributed by atoms with Crippen LogP contribution in [0.15, 0.2) is 29.2 Å². The Hall–Kier alpha value is -1.45. The van der Waals surface area contributed by atoms with Crippen molar-refractivity contribution in [1.82, 2.24) is 4.72 Å². The second kappa shape index (κ2) is 7.62. The van der Waals surface area contributed by atoms with Crippen LogP contribution < -0.4 is 10.0 Å². The highest BCUT2D eigenvalue weighted by atomic mass is 32.2. The van der Waals surface area contributed by atoms with Crippen LogP contribution in [-0.4, -0.2) is 40.8 Å². The number of benzene rings is 1. The fraction of sp³-hybridized carbons (Fsp3) is 0.533. The summed E-state index contributed by atoms with van der Waals surface area (Å²) in [7, 11) is -6.77. The van der Waals surface area contributed by atoms with Crippen LogP contribution in [0.2, 0.25) is 0 Å². The first-order valence-corrected chi connectivity index (χ1v) is 11.1. The lowest BCUT2D eigenvalue weighted by Gasteiger charge is -2.11. The molecule has 0 radical (unpaired) electrons. The van der Waals surface area contributed by atoms with Crippen molar-refractivity contribution in [3.8, 4) is 0 Å². The Balaban J connectivity index is 2.06. The van der Waals surface area contributed by atoms with E-state index in [4.69, 9.17) is 0 Å². The summed E-state index contributed by atoms with van der Waals surface area (Å²) in [4.78, 5) is 12.2. The normalized spacial score (nSPS) is 20.0. The van der Waals surface area contributed by atoms with E-state index in [1.807, 2.05) is 6.92 Å². The SMILES string of the molecule is CCCCNS(=O)(=O)c1cccc(NC(=O)C2CCS(=O)(=O)C2)c1. The lowest BCUT2D eigenvalue weighted by Crippen LogP contribution is -2.26. The van der Waals surface area contributed by atoms with Crippen molar-refractivity contribution in [3.63, 3.8) is 0 Å². The van der Waals surface area contributed by atoms with Crippen molar-refractivity contribution in [2.24, 2.45) is 5.92 Å². The number of amides is 1. The molecular formula is C15H22N2O5S2.